The van der Waals surface area contributed by atoms with Crippen molar-refractivity contribution in [3.8, 4) is 0 Å². The zero-order valence-corrected chi connectivity index (χ0v) is 12.3. The van der Waals surface area contributed by atoms with Crippen LogP contribution in [0.3, 0.4) is 0 Å². The Bertz CT molecular complexity index is 357. The summed E-state index contributed by atoms with van der Waals surface area (Å²) in [6, 6.07) is 6.65. The van der Waals surface area contributed by atoms with Crippen LogP contribution in [0.4, 0.5) is 5.69 Å². The number of likely N-dealkylation sites (N-methyl/N-ethyl adjacent to an activating group) is 1. The van der Waals surface area contributed by atoms with Crippen LogP contribution >= 0.6 is 15.9 Å². The molecule has 1 unspecified atom stereocenters. The van der Waals surface area contributed by atoms with Crippen molar-refractivity contribution in [2.24, 2.45) is 0 Å². The summed E-state index contributed by atoms with van der Waals surface area (Å²) in [7, 11) is 1.98. The maximum absolute atomic E-state index is 8.92. The summed E-state index contributed by atoms with van der Waals surface area (Å²) in [6.45, 7) is 6.03. The number of anilines is 1. The predicted octanol–water partition coefficient (Wildman–Crippen LogP) is 2.55. The monoisotopic (exact) mass is 300 g/mol. The van der Waals surface area contributed by atoms with E-state index < -0.39 is 0 Å². The molecule has 0 bridgehead atoms. The summed E-state index contributed by atoms with van der Waals surface area (Å²) < 4.78 is 1.10. The van der Waals surface area contributed by atoms with Gasteiger partial charge in [-0.15, -0.1) is 0 Å². The molecule has 0 fully saturated rings. The first kappa shape index (κ1) is 14.5. The van der Waals surface area contributed by atoms with Crippen molar-refractivity contribution < 1.29 is 5.11 Å². The van der Waals surface area contributed by atoms with Crippen molar-refractivity contribution in [2.75, 3.05) is 31.6 Å². The molecule has 3 nitrogen and oxygen atoms in total. The average Bonchev–Trinajstić information content (AvgIpc) is 2.29. The van der Waals surface area contributed by atoms with Crippen LogP contribution in [-0.2, 0) is 0 Å². The second-order valence-corrected chi connectivity index (χ2v) is 4.98. The lowest BCUT2D eigenvalue weighted by Crippen LogP contribution is -2.22. The highest BCUT2D eigenvalue weighted by molar-refractivity contribution is 9.10. The fourth-order valence-corrected chi connectivity index (χ4v) is 2.51. The molecule has 0 aliphatic heterocycles. The number of rotatable bonds is 6. The largest absolute Gasteiger partial charge is 0.395 e. The number of aliphatic hydroxyl groups excluding tert-OH is 1. The van der Waals surface area contributed by atoms with Crippen LogP contribution in [0.1, 0.15) is 25.5 Å². The first-order valence-electron chi connectivity index (χ1n) is 5.95. The van der Waals surface area contributed by atoms with Crippen LogP contribution in [0.2, 0.25) is 0 Å². The number of nitrogens with one attached hydrogen (secondary N) is 1. The maximum atomic E-state index is 8.92. The molecule has 0 saturated heterocycles. The van der Waals surface area contributed by atoms with Gasteiger partial charge in [0.2, 0.25) is 0 Å². The molecule has 17 heavy (non-hydrogen) atoms. The van der Waals surface area contributed by atoms with Crippen molar-refractivity contribution in [3.05, 3.63) is 28.2 Å². The van der Waals surface area contributed by atoms with Gasteiger partial charge in [0, 0.05) is 29.8 Å². The molecule has 0 aliphatic rings. The number of hydrogen-bond donors (Lipinski definition) is 2. The van der Waals surface area contributed by atoms with Gasteiger partial charge >= 0.3 is 0 Å². The summed E-state index contributed by atoms with van der Waals surface area (Å²) in [5, 5.41) is 12.3. The van der Waals surface area contributed by atoms with E-state index in [0.29, 0.717) is 12.6 Å². The highest BCUT2D eigenvalue weighted by atomic mass is 79.9. The third-order valence-corrected chi connectivity index (χ3v) is 3.52. The smallest absolute Gasteiger partial charge is 0.0606 e. The zero-order chi connectivity index (χ0) is 12.8. The van der Waals surface area contributed by atoms with Crippen molar-refractivity contribution in [2.45, 2.75) is 19.9 Å². The Balaban J connectivity index is 2.85. The molecule has 1 atom stereocenters. The Morgan fingerprint density at radius 3 is 2.71 bits per heavy atom. The first-order chi connectivity index (χ1) is 8.10. The molecule has 0 radical (unpaired) electrons. The van der Waals surface area contributed by atoms with E-state index in [2.05, 4.69) is 53.3 Å². The Morgan fingerprint density at radius 2 is 2.18 bits per heavy atom. The highest BCUT2D eigenvalue weighted by Gasteiger charge is 2.09. The van der Waals surface area contributed by atoms with Gasteiger partial charge in [0.15, 0.2) is 0 Å². The summed E-state index contributed by atoms with van der Waals surface area (Å²) in [5.41, 5.74) is 2.37. The van der Waals surface area contributed by atoms with Gasteiger partial charge in [0.25, 0.3) is 0 Å². The van der Waals surface area contributed by atoms with Crippen LogP contribution in [0, 0.1) is 0 Å². The van der Waals surface area contributed by atoms with Crippen LogP contribution in [0.25, 0.3) is 0 Å². The van der Waals surface area contributed by atoms with E-state index in [1.54, 1.807) is 0 Å². The van der Waals surface area contributed by atoms with Crippen molar-refractivity contribution in [1.29, 1.82) is 0 Å². The third kappa shape index (κ3) is 3.98. The molecular formula is C13H21BrN2O. The molecule has 1 aromatic carbocycles. The van der Waals surface area contributed by atoms with E-state index in [1.807, 2.05) is 11.9 Å². The van der Waals surface area contributed by atoms with Gasteiger partial charge in [-0.05, 0) is 31.2 Å². The first-order valence-corrected chi connectivity index (χ1v) is 6.74. The fraction of sp³-hybridized carbons (Fsp3) is 0.538. The maximum Gasteiger partial charge on any atom is 0.0606 e. The number of halogens is 1. The molecular weight excluding hydrogens is 280 g/mol. The van der Waals surface area contributed by atoms with Crippen molar-refractivity contribution in [3.63, 3.8) is 0 Å². The van der Waals surface area contributed by atoms with E-state index in [9.17, 15) is 0 Å². The van der Waals surface area contributed by atoms with Crippen LogP contribution in [0.15, 0.2) is 22.7 Å². The zero-order valence-electron chi connectivity index (χ0n) is 10.7. The highest BCUT2D eigenvalue weighted by Crippen LogP contribution is 2.27. The molecule has 2 N–H and O–H groups in total. The summed E-state index contributed by atoms with van der Waals surface area (Å²) in [5.74, 6) is 0. The Morgan fingerprint density at radius 1 is 1.47 bits per heavy atom. The topological polar surface area (TPSA) is 35.5 Å². The van der Waals surface area contributed by atoms with E-state index in [-0.39, 0.29) is 6.61 Å². The summed E-state index contributed by atoms with van der Waals surface area (Å²) in [6.07, 6.45) is 0. The SMILES string of the molecule is CCNC(C)c1ccc(N(C)CCO)cc1Br. The standard InChI is InChI=1S/C13H21BrN2O/c1-4-15-10(2)12-6-5-11(9-13(12)14)16(3)7-8-17/h5-6,9-10,15,17H,4,7-8H2,1-3H3. The van der Waals surface area contributed by atoms with Gasteiger partial charge in [0.1, 0.15) is 0 Å². The molecule has 1 rings (SSSR count). The normalized spacial score (nSPS) is 12.5. The lowest BCUT2D eigenvalue weighted by atomic mass is 10.1. The number of benzene rings is 1. The Labute approximate surface area is 112 Å². The molecule has 1 aromatic rings. The molecule has 0 aliphatic carbocycles. The van der Waals surface area contributed by atoms with E-state index in [4.69, 9.17) is 5.11 Å². The minimum absolute atomic E-state index is 0.170. The van der Waals surface area contributed by atoms with E-state index in [0.717, 1.165) is 16.7 Å². The minimum atomic E-state index is 0.170. The van der Waals surface area contributed by atoms with E-state index >= 15 is 0 Å². The van der Waals surface area contributed by atoms with Gasteiger partial charge in [-0.3, -0.25) is 0 Å². The van der Waals surface area contributed by atoms with E-state index in [1.165, 1.54) is 5.56 Å². The summed E-state index contributed by atoms with van der Waals surface area (Å²) in [4.78, 5) is 2.03. The second-order valence-electron chi connectivity index (χ2n) is 4.13. The third-order valence-electron chi connectivity index (χ3n) is 2.84. The quantitative estimate of drug-likeness (QED) is 0.847. The van der Waals surface area contributed by atoms with Crippen LogP contribution < -0.4 is 10.2 Å². The fourth-order valence-electron chi connectivity index (χ4n) is 1.80. The number of nitrogens with zero attached hydrogens (tertiary/aromatic N) is 1. The van der Waals surface area contributed by atoms with Crippen LogP contribution in [0.5, 0.6) is 0 Å². The Kier molecular flexibility index (Phi) is 5.95. The van der Waals surface area contributed by atoms with Gasteiger partial charge in [-0.1, -0.05) is 28.9 Å². The molecule has 0 spiro atoms. The molecule has 0 amide bonds. The molecule has 0 aromatic heterocycles. The molecule has 0 saturated carbocycles. The minimum Gasteiger partial charge on any atom is -0.395 e. The average molecular weight is 301 g/mol. The molecule has 4 heteroatoms. The number of hydrogen-bond acceptors (Lipinski definition) is 3. The van der Waals surface area contributed by atoms with Gasteiger partial charge in [0.05, 0.1) is 6.61 Å². The van der Waals surface area contributed by atoms with Gasteiger partial charge < -0.3 is 15.3 Å². The molecule has 0 heterocycles. The molecule has 96 valence electrons. The van der Waals surface area contributed by atoms with Crippen LogP contribution in [-0.4, -0.2) is 31.9 Å². The second kappa shape index (κ2) is 6.99. The lowest BCUT2D eigenvalue weighted by molar-refractivity contribution is 0.304. The Hall–Kier alpha value is -0.580. The number of aliphatic hydroxyl groups is 1. The van der Waals surface area contributed by atoms with Gasteiger partial charge in [-0.25, -0.2) is 0 Å². The lowest BCUT2D eigenvalue weighted by Gasteiger charge is -2.21. The summed E-state index contributed by atoms with van der Waals surface area (Å²) >= 11 is 3.61. The van der Waals surface area contributed by atoms with Crippen molar-refractivity contribution in [1.82, 2.24) is 5.32 Å². The predicted molar refractivity (Wildman–Crippen MR) is 76.6 cm³/mol. The van der Waals surface area contributed by atoms with Crippen molar-refractivity contribution >= 4 is 21.6 Å². The van der Waals surface area contributed by atoms with Gasteiger partial charge in [-0.2, -0.15) is 0 Å².